The van der Waals surface area contributed by atoms with Crippen LogP contribution in [-0.4, -0.2) is 49.9 Å². The average molecular weight is 482 g/mol. The summed E-state index contributed by atoms with van der Waals surface area (Å²) in [7, 11) is -3.37. The molecule has 1 saturated heterocycles. The molecule has 1 atom stereocenters. The number of anilines is 1. The summed E-state index contributed by atoms with van der Waals surface area (Å²) >= 11 is 0. The van der Waals surface area contributed by atoms with Crippen molar-refractivity contribution in [3.05, 3.63) is 65.4 Å². The van der Waals surface area contributed by atoms with Gasteiger partial charge in [-0.3, -0.25) is 23.6 Å². The SMILES string of the molecule is Cc1cnc2ccccc2c1C(=O)N1CCCCC1COc1cccc2c1C(N)=NS(O)(O)N2. The first-order chi connectivity index (χ1) is 16.3. The number of nitrogens with zero attached hydrogens (tertiary/aromatic N) is 3. The van der Waals surface area contributed by atoms with Crippen LogP contribution in [0.2, 0.25) is 0 Å². The molecule has 0 spiro atoms. The van der Waals surface area contributed by atoms with Crippen molar-refractivity contribution in [2.24, 2.45) is 10.1 Å². The van der Waals surface area contributed by atoms with E-state index in [9.17, 15) is 13.9 Å². The number of ether oxygens (including phenoxy) is 1. The monoisotopic (exact) mass is 481 g/mol. The molecule has 0 saturated carbocycles. The van der Waals surface area contributed by atoms with Crippen LogP contribution in [-0.2, 0) is 0 Å². The van der Waals surface area contributed by atoms with Gasteiger partial charge in [-0.1, -0.05) is 24.3 Å². The molecule has 5 rings (SSSR count). The zero-order valence-corrected chi connectivity index (χ0v) is 19.6. The van der Waals surface area contributed by atoms with E-state index < -0.39 is 11.0 Å². The molecule has 2 aliphatic rings. The molecule has 1 amide bonds. The second kappa shape index (κ2) is 8.79. The molecule has 3 aromatic rings. The Kier molecular flexibility index (Phi) is 5.80. The van der Waals surface area contributed by atoms with Crippen LogP contribution in [0.4, 0.5) is 5.69 Å². The van der Waals surface area contributed by atoms with Crippen LogP contribution < -0.4 is 15.2 Å². The van der Waals surface area contributed by atoms with E-state index in [4.69, 9.17) is 10.5 Å². The van der Waals surface area contributed by atoms with Gasteiger partial charge < -0.3 is 15.4 Å². The minimum atomic E-state index is -3.37. The van der Waals surface area contributed by atoms with Crippen molar-refractivity contribution in [2.75, 3.05) is 17.9 Å². The lowest BCUT2D eigenvalue weighted by Gasteiger charge is -2.37. The Morgan fingerprint density at radius 1 is 1.24 bits per heavy atom. The molecule has 1 aromatic heterocycles. The van der Waals surface area contributed by atoms with E-state index in [1.807, 2.05) is 36.1 Å². The number of aryl methyl sites for hydroxylation is 1. The van der Waals surface area contributed by atoms with Crippen LogP contribution in [0, 0.1) is 6.92 Å². The summed E-state index contributed by atoms with van der Waals surface area (Å²) in [5, 5.41) is 0.851. The summed E-state index contributed by atoms with van der Waals surface area (Å²) in [6, 6.07) is 12.8. The molecule has 34 heavy (non-hydrogen) atoms. The summed E-state index contributed by atoms with van der Waals surface area (Å²) < 4.78 is 32.3. The Morgan fingerprint density at radius 3 is 2.91 bits per heavy atom. The first kappa shape index (κ1) is 22.5. The predicted octanol–water partition coefficient (Wildman–Crippen LogP) is 4.33. The van der Waals surface area contributed by atoms with Gasteiger partial charge in [-0.2, -0.15) is 0 Å². The molecular formula is C24H27N5O4S. The van der Waals surface area contributed by atoms with Crippen LogP contribution in [0.15, 0.2) is 53.1 Å². The number of likely N-dealkylation sites (tertiary alicyclic amines) is 1. The molecule has 0 aliphatic carbocycles. The van der Waals surface area contributed by atoms with Gasteiger partial charge in [-0.15, -0.1) is 4.40 Å². The van der Waals surface area contributed by atoms with Crippen molar-refractivity contribution in [1.82, 2.24) is 9.88 Å². The number of amides is 1. The fourth-order valence-electron chi connectivity index (χ4n) is 4.65. The quantitative estimate of drug-likeness (QED) is 0.436. The zero-order valence-electron chi connectivity index (χ0n) is 18.8. The van der Waals surface area contributed by atoms with Gasteiger partial charge >= 0.3 is 0 Å². The molecule has 9 nitrogen and oxygen atoms in total. The number of carbonyl (C=O) groups is 1. The molecule has 5 N–H and O–H groups in total. The molecule has 2 aliphatic heterocycles. The number of hydrogen-bond acceptors (Lipinski definition) is 8. The Morgan fingerprint density at radius 2 is 2.06 bits per heavy atom. The number of pyridine rings is 1. The van der Waals surface area contributed by atoms with Gasteiger partial charge in [-0.25, -0.2) is 0 Å². The van der Waals surface area contributed by atoms with Gasteiger partial charge in [0.1, 0.15) is 12.4 Å². The van der Waals surface area contributed by atoms with Gasteiger partial charge in [-0.05, 0) is 60.9 Å². The second-order valence-electron chi connectivity index (χ2n) is 8.57. The Hall–Kier alpha value is -3.34. The first-order valence-electron chi connectivity index (χ1n) is 11.2. The number of piperidine rings is 1. The molecule has 10 heteroatoms. The summed E-state index contributed by atoms with van der Waals surface area (Å²) in [4.78, 5) is 20.1. The van der Waals surface area contributed by atoms with Crippen LogP contribution in [0.3, 0.4) is 0 Å². The molecule has 1 fully saturated rings. The van der Waals surface area contributed by atoms with Crippen molar-refractivity contribution < 1.29 is 18.6 Å². The van der Waals surface area contributed by atoms with Crippen LogP contribution >= 0.6 is 11.0 Å². The lowest BCUT2D eigenvalue weighted by atomic mass is 9.98. The van der Waals surface area contributed by atoms with Crippen LogP contribution in [0.25, 0.3) is 10.9 Å². The Balaban J connectivity index is 1.41. The maximum Gasteiger partial charge on any atom is 0.255 e. The molecule has 3 heterocycles. The van der Waals surface area contributed by atoms with Gasteiger partial charge in [0.25, 0.3) is 5.91 Å². The summed E-state index contributed by atoms with van der Waals surface area (Å²) in [5.41, 5.74) is 9.27. The lowest BCUT2D eigenvalue weighted by Crippen LogP contribution is -2.47. The predicted molar refractivity (Wildman–Crippen MR) is 134 cm³/mol. The molecule has 2 aromatic carbocycles. The number of para-hydroxylation sites is 1. The minimum absolute atomic E-state index is 0.000179. The largest absolute Gasteiger partial charge is 0.491 e. The van der Waals surface area contributed by atoms with Gasteiger partial charge in [0.05, 0.1) is 28.4 Å². The fraction of sp³-hybridized carbons (Fsp3) is 0.292. The Bertz CT molecular complexity index is 1300. The first-order valence-corrected chi connectivity index (χ1v) is 12.7. The Labute approximate surface area is 199 Å². The number of carbonyl (C=O) groups excluding carboxylic acids is 1. The highest BCUT2D eigenvalue weighted by atomic mass is 32.3. The highest BCUT2D eigenvalue weighted by molar-refractivity contribution is 8.24. The van der Waals surface area contributed by atoms with E-state index in [1.165, 1.54) is 0 Å². The van der Waals surface area contributed by atoms with Crippen molar-refractivity contribution in [3.63, 3.8) is 0 Å². The average Bonchev–Trinajstić information content (AvgIpc) is 2.81. The molecular weight excluding hydrogens is 454 g/mol. The maximum atomic E-state index is 13.8. The maximum absolute atomic E-state index is 13.8. The number of nitrogens with two attached hydrogens (primary N) is 1. The van der Waals surface area contributed by atoms with Crippen molar-refractivity contribution in [1.29, 1.82) is 0 Å². The van der Waals surface area contributed by atoms with E-state index in [0.717, 1.165) is 35.7 Å². The lowest BCUT2D eigenvalue weighted by molar-refractivity contribution is 0.0529. The van der Waals surface area contributed by atoms with Crippen molar-refractivity contribution >= 4 is 39.3 Å². The van der Waals surface area contributed by atoms with E-state index in [-0.39, 0.29) is 24.4 Å². The number of nitrogens with one attached hydrogen (secondary N) is 1. The normalized spacial score (nSPS) is 20.1. The number of benzene rings is 2. The molecule has 1 unspecified atom stereocenters. The number of rotatable bonds is 4. The third-order valence-electron chi connectivity index (χ3n) is 6.25. The summed E-state index contributed by atoms with van der Waals surface area (Å²) in [6.45, 7) is 2.85. The minimum Gasteiger partial charge on any atom is -0.491 e. The van der Waals surface area contributed by atoms with Gasteiger partial charge in [0, 0.05) is 18.1 Å². The molecule has 178 valence electrons. The number of amidine groups is 1. The summed E-state index contributed by atoms with van der Waals surface area (Å²) in [6.07, 6.45) is 4.52. The summed E-state index contributed by atoms with van der Waals surface area (Å²) in [5.74, 6) is 0.459. The standard InChI is InChI=1S/C24H27N5O4S/c1-15-13-26-18-9-3-2-8-17(18)21(15)24(30)29-12-5-4-7-16(29)14-33-20-11-6-10-19-22(20)23(25)28-34(31,32)27-19/h2-3,6,8-11,13,16,27,31-32H,4-5,7,12,14H2,1H3,(H2,25,28). The number of aromatic nitrogens is 1. The highest BCUT2D eigenvalue weighted by Crippen LogP contribution is 2.46. The number of fused-ring (bicyclic) bond motifs is 2. The van der Waals surface area contributed by atoms with Crippen molar-refractivity contribution in [2.45, 2.75) is 32.2 Å². The van der Waals surface area contributed by atoms with E-state index in [0.29, 0.717) is 29.1 Å². The third-order valence-corrected chi connectivity index (χ3v) is 7.20. The molecule has 0 bridgehead atoms. The zero-order chi connectivity index (χ0) is 23.9. The van der Waals surface area contributed by atoms with E-state index in [2.05, 4.69) is 14.1 Å². The smallest absolute Gasteiger partial charge is 0.255 e. The van der Waals surface area contributed by atoms with E-state index in [1.54, 1.807) is 24.4 Å². The highest BCUT2D eigenvalue weighted by Gasteiger charge is 2.31. The topological polar surface area (TPSA) is 133 Å². The van der Waals surface area contributed by atoms with Crippen LogP contribution in [0.5, 0.6) is 5.75 Å². The van der Waals surface area contributed by atoms with Gasteiger partial charge in [0.2, 0.25) is 0 Å². The molecule has 0 radical (unpaired) electrons. The van der Waals surface area contributed by atoms with E-state index >= 15 is 0 Å². The second-order valence-corrected chi connectivity index (χ2v) is 9.99. The van der Waals surface area contributed by atoms with Crippen LogP contribution in [0.1, 0.15) is 40.7 Å². The number of hydrogen-bond donors (Lipinski definition) is 4. The third kappa shape index (κ3) is 4.15. The fourth-order valence-corrected chi connectivity index (χ4v) is 5.53. The van der Waals surface area contributed by atoms with Crippen molar-refractivity contribution in [3.8, 4) is 5.75 Å². The van der Waals surface area contributed by atoms with Gasteiger partial charge in [0.15, 0.2) is 5.84 Å².